The van der Waals surface area contributed by atoms with Crippen molar-refractivity contribution in [2.24, 2.45) is 0 Å². The minimum absolute atomic E-state index is 0.275. The average molecular weight is 224 g/mol. The molecular formula is C15H16N2. The van der Waals surface area contributed by atoms with Crippen LogP contribution in [-0.2, 0) is 0 Å². The van der Waals surface area contributed by atoms with Crippen LogP contribution in [0.5, 0.6) is 0 Å². The highest BCUT2D eigenvalue weighted by atomic mass is 15.2. The fourth-order valence-corrected chi connectivity index (χ4v) is 2.33. The number of benzene rings is 2. The Bertz CT molecular complexity index is 573. The van der Waals surface area contributed by atoms with E-state index in [2.05, 4.69) is 60.5 Å². The molecule has 1 heterocycles. The standard InChI is InChI=1S/C15H16N2/c1-10(2)15(3)16-12-8-4-6-11-7-5-9-13(17-15)14(11)12/h4-9,16-17H,1H2,2-3H3. The molecule has 0 bridgehead atoms. The molecule has 86 valence electrons. The second kappa shape index (κ2) is 3.27. The van der Waals surface area contributed by atoms with E-state index in [0.29, 0.717) is 0 Å². The second-order valence-corrected chi connectivity index (χ2v) is 4.86. The van der Waals surface area contributed by atoms with E-state index in [1.54, 1.807) is 0 Å². The lowest BCUT2D eigenvalue weighted by Crippen LogP contribution is -2.45. The van der Waals surface area contributed by atoms with Gasteiger partial charge in [-0.1, -0.05) is 30.8 Å². The maximum Gasteiger partial charge on any atom is 0.127 e. The van der Waals surface area contributed by atoms with Gasteiger partial charge in [-0.2, -0.15) is 0 Å². The van der Waals surface area contributed by atoms with Gasteiger partial charge in [0.2, 0.25) is 0 Å². The summed E-state index contributed by atoms with van der Waals surface area (Å²) in [6.45, 7) is 8.21. The maximum absolute atomic E-state index is 4.06. The molecule has 0 fully saturated rings. The lowest BCUT2D eigenvalue weighted by atomic mass is 9.96. The minimum Gasteiger partial charge on any atom is -0.359 e. The van der Waals surface area contributed by atoms with Crippen molar-refractivity contribution in [1.29, 1.82) is 0 Å². The van der Waals surface area contributed by atoms with Crippen LogP contribution in [0.15, 0.2) is 48.6 Å². The lowest BCUT2D eigenvalue weighted by molar-refractivity contribution is 0.683. The van der Waals surface area contributed by atoms with Crippen LogP contribution in [0, 0.1) is 0 Å². The molecule has 2 aromatic rings. The highest BCUT2D eigenvalue weighted by molar-refractivity contribution is 6.05. The van der Waals surface area contributed by atoms with E-state index in [1.165, 1.54) is 22.1 Å². The molecule has 0 spiro atoms. The van der Waals surface area contributed by atoms with E-state index in [0.717, 1.165) is 5.57 Å². The van der Waals surface area contributed by atoms with Crippen molar-refractivity contribution in [3.8, 4) is 0 Å². The average Bonchev–Trinajstić information content (AvgIpc) is 2.29. The third-order valence-corrected chi connectivity index (χ3v) is 3.53. The van der Waals surface area contributed by atoms with E-state index in [1.807, 2.05) is 6.92 Å². The van der Waals surface area contributed by atoms with Crippen molar-refractivity contribution in [1.82, 2.24) is 0 Å². The van der Waals surface area contributed by atoms with E-state index in [9.17, 15) is 0 Å². The highest BCUT2D eigenvalue weighted by Gasteiger charge is 2.29. The Kier molecular flexibility index (Phi) is 1.96. The third-order valence-electron chi connectivity index (χ3n) is 3.53. The highest BCUT2D eigenvalue weighted by Crippen LogP contribution is 2.39. The van der Waals surface area contributed by atoms with Crippen molar-refractivity contribution < 1.29 is 0 Å². The third kappa shape index (κ3) is 1.41. The Morgan fingerprint density at radius 1 is 1.06 bits per heavy atom. The summed E-state index contributed by atoms with van der Waals surface area (Å²) in [7, 11) is 0. The van der Waals surface area contributed by atoms with Gasteiger partial charge in [-0.3, -0.25) is 0 Å². The molecule has 0 atom stereocenters. The Morgan fingerprint density at radius 2 is 1.59 bits per heavy atom. The van der Waals surface area contributed by atoms with Crippen LogP contribution < -0.4 is 10.6 Å². The molecule has 2 aromatic carbocycles. The molecule has 1 aliphatic rings. The molecule has 0 amide bonds. The molecule has 0 radical (unpaired) electrons. The van der Waals surface area contributed by atoms with Crippen molar-refractivity contribution >= 4 is 22.1 Å². The van der Waals surface area contributed by atoms with Gasteiger partial charge in [0.05, 0.1) is 0 Å². The number of nitrogens with one attached hydrogen (secondary N) is 2. The molecule has 0 saturated heterocycles. The fraction of sp³-hybridized carbons (Fsp3) is 0.200. The van der Waals surface area contributed by atoms with Crippen molar-refractivity contribution in [3.05, 3.63) is 48.6 Å². The predicted molar refractivity (Wildman–Crippen MR) is 74.4 cm³/mol. The van der Waals surface area contributed by atoms with Crippen LogP contribution in [0.4, 0.5) is 11.4 Å². The summed E-state index contributed by atoms with van der Waals surface area (Å²) in [5, 5.41) is 9.56. The Balaban J connectivity index is 2.27. The van der Waals surface area contributed by atoms with Crippen LogP contribution in [0.2, 0.25) is 0 Å². The summed E-state index contributed by atoms with van der Waals surface area (Å²) in [6, 6.07) is 12.7. The van der Waals surface area contributed by atoms with Crippen LogP contribution >= 0.6 is 0 Å². The first kappa shape index (κ1) is 10.2. The van der Waals surface area contributed by atoms with Gasteiger partial charge in [0, 0.05) is 16.8 Å². The molecule has 17 heavy (non-hydrogen) atoms. The van der Waals surface area contributed by atoms with Gasteiger partial charge in [-0.05, 0) is 36.9 Å². The van der Waals surface area contributed by atoms with E-state index < -0.39 is 0 Å². The van der Waals surface area contributed by atoms with Crippen molar-refractivity contribution in [2.75, 3.05) is 10.6 Å². The lowest BCUT2D eigenvalue weighted by Gasteiger charge is -2.39. The summed E-state index contributed by atoms with van der Waals surface area (Å²) < 4.78 is 0. The molecule has 0 aromatic heterocycles. The first-order chi connectivity index (χ1) is 8.10. The first-order valence-corrected chi connectivity index (χ1v) is 5.84. The van der Waals surface area contributed by atoms with Crippen LogP contribution in [-0.4, -0.2) is 5.66 Å². The van der Waals surface area contributed by atoms with Gasteiger partial charge in [-0.25, -0.2) is 0 Å². The smallest absolute Gasteiger partial charge is 0.127 e. The zero-order chi connectivity index (χ0) is 12.0. The summed E-state index contributed by atoms with van der Waals surface area (Å²) in [5.41, 5.74) is 3.14. The fourth-order valence-electron chi connectivity index (χ4n) is 2.33. The number of hydrogen-bond acceptors (Lipinski definition) is 2. The Morgan fingerprint density at radius 3 is 2.06 bits per heavy atom. The Hall–Kier alpha value is -1.96. The van der Waals surface area contributed by atoms with E-state index in [-0.39, 0.29) is 5.66 Å². The van der Waals surface area contributed by atoms with Gasteiger partial charge in [0.15, 0.2) is 0 Å². The Labute approximate surface area is 101 Å². The number of anilines is 2. The molecule has 0 saturated carbocycles. The molecular weight excluding hydrogens is 208 g/mol. The monoisotopic (exact) mass is 224 g/mol. The maximum atomic E-state index is 4.06. The minimum atomic E-state index is -0.275. The van der Waals surface area contributed by atoms with Crippen LogP contribution in [0.1, 0.15) is 13.8 Å². The molecule has 2 N–H and O–H groups in total. The van der Waals surface area contributed by atoms with E-state index in [4.69, 9.17) is 0 Å². The van der Waals surface area contributed by atoms with Crippen molar-refractivity contribution in [3.63, 3.8) is 0 Å². The molecule has 2 nitrogen and oxygen atoms in total. The van der Waals surface area contributed by atoms with Crippen LogP contribution in [0.25, 0.3) is 10.8 Å². The first-order valence-electron chi connectivity index (χ1n) is 5.84. The van der Waals surface area contributed by atoms with Gasteiger partial charge in [0.1, 0.15) is 5.66 Å². The normalized spacial score (nSPS) is 16.1. The van der Waals surface area contributed by atoms with Gasteiger partial charge >= 0.3 is 0 Å². The number of hydrogen-bond donors (Lipinski definition) is 2. The topological polar surface area (TPSA) is 24.1 Å². The predicted octanol–water partition coefficient (Wildman–Crippen LogP) is 3.97. The zero-order valence-corrected chi connectivity index (χ0v) is 10.2. The van der Waals surface area contributed by atoms with Gasteiger partial charge < -0.3 is 10.6 Å². The molecule has 3 rings (SSSR count). The molecule has 1 aliphatic heterocycles. The molecule has 0 aliphatic carbocycles. The van der Waals surface area contributed by atoms with Gasteiger partial charge in [-0.15, -0.1) is 0 Å². The molecule has 0 unspecified atom stereocenters. The largest absolute Gasteiger partial charge is 0.359 e. The second-order valence-electron chi connectivity index (χ2n) is 4.86. The zero-order valence-electron chi connectivity index (χ0n) is 10.2. The van der Waals surface area contributed by atoms with Crippen LogP contribution in [0.3, 0.4) is 0 Å². The van der Waals surface area contributed by atoms with Crippen molar-refractivity contribution in [2.45, 2.75) is 19.5 Å². The summed E-state index contributed by atoms with van der Waals surface area (Å²) in [5.74, 6) is 0. The SMILES string of the molecule is C=C(C)C1(C)Nc2cccc3cccc(c23)N1. The molecule has 2 heteroatoms. The summed E-state index contributed by atoms with van der Waals surface area (Å²) in [6.07, 6.45) is 0. The quantitative estimate of drug-likeness (QED) is 0.716. The number of rotatable bonds is 1. The summed E-state index contributed by atoms with van der Waals surface area (Å²) >= 11 is 0. The van der Waals surface area contributed by atoms with Gasteiger partial charge in [0.25, 0.3) is 0 Å². The summed E-state index contributed by atoms with van der Waals surface area (Å²) in [4.78, 5) is 0. The van der Waals surface area contributed by atoms with E-state index >= 15 is 0 Å².